The number of anilines is 1. The second-order valence-electron chi connectivity index (χ2n) is 8.92. The Bertz CT molecular complexity index is 1420. The quantitative estimate of drug-likeness (QED) is 0.202. The van der Waals surface area contributed by atoms with Gasteiger partial charge in [-0.2, -0.15) is 5.10 Å². The molecule has 3 N–H and O–H groups in total. The highest BCUT2D eigenvalue weighted by Gasteiger charge is 2.16. The second-order valence-corrected chi connectivity index (χ2v) is 8.92. The third-order valence-electron chi connectivity index (χ3n) is 5.61. The molecule has 1 heterocycles. The summed E-state index contributed by atoms with van der Waals surface area (Å²) in [4.78, 5) is 36.6. The van der Waals surface area contributed by atoms with Crippen LogP contribution in [0.3, 0.4) is 0 Å². The molecule has 0 unspecified atom stereocenters. The summed E-state index contributed by atoms with van der Waals surface area (Å²) in [5.74, 6) is -0.0702. The zero-order chi connectivity index (χ0) is 28.5. The first-order valence-corrected chi connectivity index (χ1v) is 12.6. The fraction of sp³-hybridized carbons (Fsp3) is 0.241. The lowest BCUT2D eigenvalue weighted by molar-refractivity contribution is -0.139. The summed E-state index contributed by atoms with van der Waals surface area (Å²) >= 11 is 0. The number of benzene rings is 3. The van der Waals surface area contributed by atoms with E-state index < -0.39 is 11.8 Å². The van der Waals surface area contributed by atoms with Gasteiger partial charge < -0.3 is 29.6 Å². The van der Waals surface area contributed by atoms with Crippen LogP contribution in [0.2, 0.25) is 0 Å². The molecule has 1 aliphatic rings. The number of hydrogen-bond donors (Lipinski definition) is 3. The lowest BCUT2D eigenvalue weighted by Crippen LogP contribution is -2.37. The van der Waals surface area contributed by atoms with Gasteiger partial charge in [0.1, 0.15) is 0 Å². The number of nitrogens with zero attached hydrogens (tertiary/aromatic N) is 1. The maximum Gasteiger partial charge on any atom is 0.329 e. The molecule has 1 aliphatic heterocycles. The molecule has 0 fully saturated rings. The summed E-state index contributed by atoms with van der Waals surface area (Å²) in [5, 5.41) is 9.20. The second kappa shape index (κ2) is 13.1. The number of nitrogens with one attached hydrogen (secondary N) is 3. The molecule has 11 nitrogen and oxygen atoms in total. The summed E-state index contributed by atoms with van der Waals surface area (Å²) in [7, 11) is 0. The van der Waals surface area contributed by atoms with Crippen LogP contribution in [0.25, 0.3) is 0 Å². The first-order valence-electron chi connectivity index (χ1n) is 12.6. The Kier molecular flexibility index (Phi) is 9.19. The van der Waals surface area contributed by atoms with Gasteiger partial charge in [0.15, 0.2) is 29.6 Å². The Morgan fingerprint density at radius 1 is 0.900 bits per heavy atom. The Morgan fingerprint density at radius 2 is 1.68 bits per heavy atom. The molecular weight excluding hydrogens is 516 g/mol. The van der Waals surface area contributed by atoms with Crippen LogP contribution in [0.5, 0.6) is 23.0 Å². The van der Waals surface area contributed by atoms with Crippen molar-refractivity contribution in [3.05, 3.63) is 76.9 Å². The fourth-order valence-electron chi connectivity index (χ4n) is 3.91. The minimum Gasteiger partial charge on any atom is -0.490 e. The van der Waals surface area contributed by atoms with Crippen LogP contribution in [0.1, 0.15) is 29.2 Å². The van der Waals surface area contributed by atoms with Crippen LogP contribution < -0.4 is 35.0 Å². The van der Waals surface area contributed by atoms with Crippen LogP contribution in [0.15, 0.2) is 59.7 Å². The van der Waals surface area contributed by atoms with E-state index in [1.807, 2.05) is 39.0 Å². The monoisotopic (exact) mass is 546 g/mol. The van der Waals surface area contributed by atoms with Gasteiger partial charge in [-0.3, -0.25) is 14.4 Å². The number of amides is 3. The standard InChI is InChI=1S/C29H30N4O7/c1-4-37-25-13-21(6-7-23(25)38-16-27(34)32-22-10-18(2)9-19(3)11-22)15-31-33-29(36)28(35)30-14-20-5-8-24-26(12-20)40-17-39-24/h5-13,15H,4,14,16-17H2,1-3H3,(H,30,35)(H,32,34)(H,33,36)/b31-15-. The van der Waals surface area contributed by atoms with Gasteiger partial charge in [-0.25, -0.2) is 5.43 Å². The zero-order valence-electron chi connectivity index (χ0n) is 22.4. The van der Waals surface area contributed by atoms with Crippen LogP contribution in [-0.4, -0.2) is 43.9 Å². The van der Waals surface area contributed by atoms with Gasteiger partial charge in [0.25, 0.3) is 5.91 Å². The normalized spacial score (nSPS) is 11.7. The molecule has 11 heteroatoms. The van der Waals surface area contributed by atoms with Crippen LogP contribution >= 0.6 is 0 Å². The molecule has 3 amide bonds. The zero-order valence-corrected chi connectivity index (χ0v) is 22.4. The van der Waals surface area contributed by atoms with E-state index in [4.69, 9.17) is 18.9 Å². The average Bonchev–Trinajstić information content (AvgIpc) is 3.39. The average molecular weight is 547 g/mol. The molecule has 0 spiro atoms. The van der Waals surface area contributed by atoms with Crippen molar-refractivity contribution in [2.45, 2.75) is 27.3 Å². The van der Waals surface area contributed by atoms with Gasteiger partial charge in [0, 0.05) is 12.2 Å². The largest absolute Gasteiger partial charge is 0.490 e. The van der Waals surface area contributed by atoms with Gasteiger partial charge in [-0.1, -0.05) is 12.1 Å². The van der Waals surface area contributed by atoms with Gasteiger partial charge >= 0.3 is 11.8 Å². The van der Waals surface area contributed by atoms with Crippen molar-refractivity contribution in [3.63, 3.8) is 0 Å². The van der Waals surface area contributed by atoms with Crippen molar-refractivity contribution in [2.24, 2.45) is 5.10 Å². The number of aryl methyl sites for hydroxylation is 2. The smallest absolute Gasteiger partial charge is 0.329 e. The van der Waals surface area contributed by atoms with E-state index in [0.717, 1.165) is 16.7 Å². The lowest BCUT2D eigenvalue weighted by atomic mass is 10.1. The predicted molar refractivity (Wildman–Crippen MR) is 148 cm³/mol. The van der Waals surface area contributed by atoms with E-state index in [1.54, 1.807) is 36.4 Å². The third-order valence-corrected chi connectivity index (χ3v) is 5.61. The maximum atomic E-state index is 12.4. The van der Waals surface area contributed by atoms with Crippen molar-refractivity contribution in [1.82, 2.24) is 10.7 Å². The summed E-state index contributed by atoms with van der Waals surface area (Å²) in [5.41, 5.74) is 6.32. The molecular formula is C29H30N4O7. The molecule has 0 radical (unpaired) electrons. The summed E-state index contributed by atoms with van der Waals surface area (Å²) in [6.45, 7) is 6.18. The number of carbonyl (C=O) groups is 3. The Morgan fingerprint density at radius 3 is 2.45 bits per heavy atom. The fourth-order valence-corrected chi connectivity index (χ4v) is 3.91. The Hall–Kier alpha value is -5.06. The first-order chi connectivity index (χ1) is 19.3. The van der Waals surface area contributed by atoms with Crippen molar-refractivity contribution in [3.8, 4) is 23.0 Å². The van der Waals surface area contributed by atoms with E-state index in [0.29, 0.717) is 40.9 Å². The molecule has 0 aromatic heterocycles. The molecule has 0 saturated carbocycles. The van der Waals surface area contributed by atoms with Crippen molar-refractivity contribution in [1.29, 1.82) is 0 Å². The van der Waals surface area contributed by atoms with E-state index in [-0.39, 0.29) is 25.9 Å². The summed E-state index contributed by atoms with van der Waals surface area (Å²) in [6.07, 6.45) is 1.36. The van der Waals surface area contributed by atoms with E-state index >= 15 is 0 Å². The number of fused-ring (bicyclic) bond motifs is 1. The molecule has 3 aromatic carbocycles. The highest BCUT2D eigenvalue weighted by Crippen LogP contribution is 2.32. The van der Waals surface area contributed by atoms with E-state index in [2.05, 4.69) is 21.2 Å². The molecule has 0 atom stereocenters. The molecule has 4 rings (SSSR count). The lowest BCUT2D eigenvalue weighted by Gasteiger charge is -2.13. The number of ether oxygens (including phenoxy) is 4. The van der Waals surface area contributed by atoms with Gasteiger partial charge in [-0.15, -0.1) is 0 Å². The molecule has 3 aromatic rings. The van der Waals surface area contributed by atoms with Crippen molar-refractivity contribution in [2.75, 3.05) is 25.3 Å². The Labute approximate surface area is 231 Å². The number of carbonyl (C=O) groups excluding carboxylic acids is 3. The summed E-state index contributed by atoms with van der Waals surface area (Å²) in [6, 6.07) is 16.0. The van der Waals surface area contributed by atoms with Gasteiger partial charge in [0.2, 0.25) is 6.79 Å². The van der Waals surface area contributed by atoms with Crippen LogP contribution in [-0.2, 0) is 20.9 Å². The third kappa shape index (κ3) is 7.73. The summed E-state index contributed by atoms with van der Waals surface area (Å²) < 4.78 is 21.9. The van der Waals surface area contributed by atoms with Crippen LogP contribution in [0, 0.1) is 13.8 Å². The van der Waals surface area contributed by atoms with Gasteiger partial charge in [-0.05, 0) is 85.5 Å². The predicted octanol–water partition coefficient (Wildman–Crippen LogP) is 3.21. The van der Waals surface area contributed by atoms with Crippen molar-refractivity contribution < 1.29 is 33.3 Å². The van der Waals surface area contributed by atoms with Crippen LogP contribution in [0.4, 0.5) is 5.69 Å². The topological polar surface area (TPSA) is 137 Å². The highest BCUT2D eigenvalue weighted by atomic mass is 16.7. The minimum absolute atomic E-state index is 0.133. The van der Waals surface area contributed by atoms with E-state index in [1.165, 1.54) is 6.21 Å². The highest BCUT2D eigenvalue weighted by molar-refractivity contribution is 6.35. The van der Waals surface area contributed by atoms with Gasteiger partial charge in [0.05, 0.1) is 12.8 Å². The molecule has 0 bridgehead atoms. The number of hydrazone groups is 1. The first kappa shape index (κ1) is 28.0. The van der Waals surface area contributed by atoms with Crippen molar-refractivity contribution >= 4 is 29.6 Å². The number of rotatable bonds is 10. The molecule has 208 valence electrons. The maximum absolute atomic E-state index is 12.4. The Balaban J connectivity index is 1.27. The molecule has 0 aliphatic carbocycles. The number of hydrogen-bond acceptors (Lipinski definition) is 8. The minimum atomic E-state index is -0.920. The molecule has 40 heavy (non-hydrogen) atoms. The van der Waals surface area contributed by atoms with E-state index in [9.17, 15) is 14.4 Å². The molecule has 0 saturated heterocycles. The SMILES string of the molecule is CCOc1cc(/C=N\NC(=O)C(=O)NCc2ccc3c(c2)OCO3)ccc1OCC(=O)Nc1cc(C)cc(C)c1.